The molecule has 0 radical (unpaired) electrons. The molecule has 0 aromatic heterocycles. The van der Waals surface area contributed by atoms with Gasteiger partial charge in [0.25, 0.3) is 5.91 Å². The lowest BCUT2D eigenvalue weighted by atomic mass is 9.85. The van der Waals surface area contributed by atoms with E-state index in [1.54, 1.807) is 72.8 Å². The van der Waals surface area contributed by atoms with Gasteiger partial charge in [-0.15, -0.1) is 0 Å². The van der Waals surface area contributed by atoms with Gasteiger partial charge in [0.1, 0.15) is 5.75 Å². The molecular weight excluding hydrogens is 633 g/mol. The van der Waals surface area contributed by atoms with E-state index in [-0.39, 0.29) is 30.4 Å². The molecule has 12 heteroatoms. The molecule has 1 amide bonds. The smallest absolute Gasteiger partial charge is 0.416 e. The third-order valence-corrected chi connectivity index (χ3v) is 9.45. The predicted octanol–water partition coefficient (Wildman–Crippen LogP) is 5.90. The fraction of sp³-hybridized carbons (Fsp3) is 0.257. The summed E-state index contributed by atoms with van der Waals surface area (Å²) in [7, 11) is -3.86. The Balaban J connectivity index is 1.51. The van der Waals surface area contributed by atoms with Gasteiger partial charge in [-0.1, -0.05) is 60.7 Å². The van der Waals surface area contributed by atoms with Crippen LogP contribution in [0.5, 0.6) is 5.75 Å². The molecule has 4 aromatic carbocycles. The molecular formula is C35H33F3N2O6S. The van der Waals surface area contributed by atoms with Crippen LogP contribution in [0.25, 0.3) is 0 Å². The number of sulfone groups is 1. The highest BCUT2D eigenvalue weighted by molar-refractivity contribution is 7.91. The first kappa shape index (κ1) is 33.7. The Kier molecular flexibility index (Phi) is 10.3. The van der Waals surface area contributed by atoms with E-state index in [1.165, 1.54) is 24.3 Å². The van der Waals surface area contributed by atoms with Crippen LogP contribution < -0.4 is 10.1 Å². The Bertz CT molecular complexity index is 1780. The Hall–Kier alpha value is -4.68. The minimum Gasteiger partial charge on any atom is -0.494 e. The van der Waals surface area contributed by atoms with Gasteiger partial charge in [-0.2, -0.15) is 13.2 Å². The lowest BCUT2D eigenvalue weighted by Crippen LogP contribution is -2.49. The van der Waals surface area contributed by atoms with Crippen molar-refractivity contribution in [2.75, 3.05) is 19.0 Å². The molecule has 4 aromatic rings. The highest BCUT2D eigenvalue weighted by atomic mass is 32.2. The average molecular weight is 667 g/mol. The van der Waals surface area contributed by atoms with Gasteiger partial charge in [0, 0.05) is 31.6 Å². The zero-order valence-corrected chi connectivity index (χ0v) is 26.0. The summed E-state index contributed by atoms with van der Waals surface area (Å²) < 4.78 is 78.2. The molecule has 1 heterocycles. The third-order valence-electron chi connectivity index (χ3n) is 7.72. The number of hydrogen-bond acceptors (Lipinski definition) is 7. The number of carbonyl (C=O) groups excluding carboxylic acids is 1. The number of rotatable bonds is 13. The number of nitrogens with one attached hydrogen (secondary N) is 1. The van der Waals surface area contributed by atoms with Gasteiger partial charge in [0.15, 0.2) is 21.5 Å². The lowest BCUT2D eigenvalue weighted by molar-refractivity contribution is -0.137. The summed E-state index contributed by atoms with van der Waals surface area (Å²) in [5, 5.41) is 11.8. The van der Waals surface area contributed by atoms with Gasteiger partial charge in [0.05, 0.1) is 22.8 Å². The molecule has 0 fully saturated rings. The maximum atomic E-state index is 14.3. The Morgan fingerprint density at radius 3 is 2.17 bits per heavy atom. The van der Waals surface area contributed by atoms with Crippen molar-refractivity contribution in [3.05, 3.63) is 131 Å². The zero-order chi connectivity index (χ0) is 33.5. The monoisotopic (exact) mass is 666 g/mol. The number of nitrogens with zero attached hydrogens (tertiary/aromatic N) is 1. The van der Waals surface area contributed by atoms with Gasteiger partial charge < -0.3 is 19.9 Å². The molecule has 0 saturated carbocycles. The molecule has 0 aliphatic carbocycles. The van der Waals surface area contributed by atoms with Crippen LogP contribution in [0.1, 0.15) is 41.2 Å². The van der Waals surface area contributed by atoms with E-state index in [9.17, 15) is 26.4 Å². The zero-order valence-electron chi connectivity index (χ0n) is 25.2. The van der Waals surface area contributed by atoms with Crippen molar-refractivity contribution < 1.29 is 41.0 Å². The summed E-state index contributed by atoms with van der Waals surface area (Å²) in [5.41, 5.74) is -1.07. The molecule has 1 aliphatic heterocycles. The quantitative estimate of drug-likeness (QED) is 0.172. The normalized spacial score (nSPS) is 17.9. The van der Waals surface area contributed by atoms with Gasteiger partial charge in [0.2, 0.25) is 5.90 Å². The summed E-state index contributed by atoms with van der Waals surface area (Å²) in [6.07, 6.45) is -5.33. The molecule has 8 nitrogen and oxygen atoms in total. The van der Waals surface area contributed by atoms with E-state index < -0.39 is 44.9 Å². The minimum absolute atomic E-state index is 0.00733. The number of benzene rings is 4. The van der Waals surface area contributed by atoms with Gasteiger partial charge in [-0.05, 0) is 59.7 Å². The molecule has 246 valence electrons. The molecule has 2 N–H and O–H groups in total. The number of carbonyl (C=O) groups is 1. The van der Waals surface area contributed by atoms with E-state index in [1.807, 2.05) is 0 Å². The minimum atomic E-state index is -4.50. The first-order valence-corrected chi connectivity index (χ1v) is 16.5. The Labute approximate surface area is 270 Å². The van der Waals surface area contributed by atoms with Crippen LogP contribution in [0.4, 0.5) is 13.2 Å². The number of hydrogen-bond donors (Lipinski definition) is 2. The summed E-state index contributed by atoms with van der Waals surface area (Å²) in [4.78, 5) is 19.2. The Morgan fingerprint density at radius 1 is 0.915 bits per heavy atom. The van der Waals surface area contributed by atoms with E-state index in [0.717, 1.165) is 12.1 Å². The largest absolute Gasteiger partial charge is 0.494 e. The number of aliphatic imine (C=N–C) groups is 1. The van der Waals surface area contributed by atoms with Crippen LogP contribution in [-0.4, -0.2) is 49.8 Å². The van der Waals surface area contributed by atoms with Crippen molar-refractivity contribution in [2.45, 2.75) is 42.1 Å². The lowest BCUT2D eigenvalue weighted by Gasteiger charge is -2.30. The maximum Gasteiger partial charge on any atom is 0.416 e. The molecule has 5 rings (SSSR count). The van der Waals surface area contributed by atoms with Crippen molar-refractivity contribution in [2.24, 2.45) is 4.99 Å². The standard InChI is InChI=1S/C35H33F3N2O6S/c36-35(37,38)28-16-12-25(13-17-28)24-39-33(42)34(20-23-47(43,44)30-10-5-2-6-11-30)31(26-8-3-1-4-9-26)46-32(40-34)27-14-18-29(19-15-27)45-22-7-21-41/h1-6,8-19,31,41H,7,20-24H2,(H,39,42)/t31-,34-/m1/s1. The summed E-state index contributed by atoms with van der Waals surface area (Å²) in [6.45, 7) is 0.185. The van der Waals surface area contributed by atoms with Crippen LogP contribution in [0.3, 0.4) is 0 Å². The molecule has 1 aliphatic rings. The van der Waals surface area contributed by atoms with E-state index in [2.05, 4.69) is 5.32 Å². The maximum absolute atomic E-state index is 14.3. The fourth-order valence-electron chi connectivity index (χ4n) is 5.18. The van der Waals surface area contributed by atoms with Crippen molar-refractivity contribution >= 4 is 21.6 Å². The second-order valence-electron chi connectivity index (χ2n) is 11.0. The molecule has 0 spiro atoms. The van der Waals surface area contributed by atoms with Crippen molar-refractivity contribution in [3.63, 3.8) is 0 Å². The van der Waals surface area contributed by atoms with Gasteiger partial charge in [-0.25, -0.2) is 13.4 Å². The SMILES string of the molecule is O=C(NCc1ccc(C(F)(F)F)cc1)[C@]1(CCS(=O)(=O)c2ccccc2)N=C(c2ccc(OCCCO)cc2)O[C@@H]1c1ccccc1. The Morgan fingerprint density at radius 2 is 1.55 bits per heavy atom. The average Bonchev–Trinajstić information content (AvgIpc) is 3.48. The predicted molar refractivity (Wildman–Crippen MR) is 170 cm³/mol. The first-order chi connectivity index (χ1) is 22.5. The first-order valence-electron chi connectivity index (χ1n) is 14.9. The number of aliphatic hydroxyl groups excluding tert-OH is 1. The van der Waals surface area contributed by atoms with Crippen molar-refractivity contribution in [1.82, 2.24) is 5.32 Å². The summed E-state index contributed by atoms with van der Waals surface area (Å²) in [6, 6.07) is 27.9. The third kappa shape index (κ3) is 8.01. The van der Waals surface area contributed by atoms with Gasteiger partial charge in [-0.3, -0.25) is 4.79 Å². The van der Waals surface area contributed by atoms with Crippen LogP contribution in [0, 0.1) is 0 Å². The van der Waals surface area contributed by atoms with Crippen LogP contribution in [0.2, 0.25) is 0 Å². The van der Waals surface area contributed by atoms with E-state index >= 15 is 0 Å². The van der Waals surface area contributed by atoms with E-state index in [4.69, 9.17) is 19.6 Å². The molecule has 0 unspecified atom stereocenters. The number of amides is 1. The molecule has 0 saturated heterocycles. The second-order valence-corrected chi connectivity index (χ2v) is 13.1. The molecule has 2 atom stereocenters. The van der Waals surface area contributed by atoms with Crippen molar-refractivity contribution in [1.29, 1.82) is 0 Å². The number of alkyl halides is 3. The van der Waals surface area contributed by atoms with E-state index in [0.29, 0.717) is 35.5 Å². The number of aliphatic hydroxyl groups is 1. The van der Waals surface area contributed by atoms with Crippen LogP contribution >= 0.6 is 0 Å². The highest BCUT2D eigenvalue weighted by Crippen LogP contribution is 2.43. The number of halogens is 3. The summed E-state index contributed by atoms with van der Waals surface area (Å²) in [5.74, 6) is -0.419. The topological polar surface area (TPSA) is 114 Å². The highest BCUT2D eigenvalue weighted by Gasteiger charge is 2.53. The van der Waals surface area contributed by atoms with Crippen molar-refractivity contribution in [3.8, 4) is 5.75 Å². The summed E-state index contributed by atoms with van der Waals surface area (Å²) >= 11 is 0. The number of ether oxygens (including phenoxy) is 2. The molecule has 0 bridgehead atoms. The molecule has 47 heavy (non-hydrogen) atoms. The van der Waals surface area contributed by atoms with Gasteiger partial charge >= 0.3 is 6.18 Å². The fourth-order valence-corrected chi connectivity index (χ4v) is 6.57. The second kappa shape index (κ2) is 14.4. The van der Waals surface area contributed by atoms with Crippen LogP contribution in [0.15, 0.2) is 119 Å². The van der Waals surface area contributed by atoms with Crippen LogP contribution in [-0.2, 0) is 32.1 Å².